The molecule has 1 aromatic rings. The van der Waals surface area contributed by atoms with Gasteiger partial charge in [0.2, 0.25) is 3.83 Å². The first kappa shape index (κ1) is 8.83. The SMILES string of the molecule is CC1CC(c2nc(I)ns2)CO1. The van der Waals surface area contributed by atoms with Crippen LogP contribution < -0.4 is 0 Å². The van der Waals surface area contributed by atoms with E-state index < -0.39 is 0 Å². The first-order valence-corrected chi connectivity index (χ1v) is 5.71. The maximum Gasteiger partial charge on any atom is 0.203 e. The molecule has 0 aliphatic carbocycles. The molecular weight excluding hydrogens is 287 g/mol. The molecule has 1 aliphatic rings. The zero-order chi connectivity index (χ0) is 8.55. The van der Waals surface area contributed by atoms with Crippen molar-refractivity contribution in [2.45, 2.75) is 25.4 Å². The first-order valence-electron chi connectivity index (χ1n) is 3.86. The van der Waals surface area contributed by atoms with Crippen molar-refractivity contribution in [3.8, 4) is 0 Å². The molecule has 2 heterocycles. The number of ether oxygens (including phenoxy) is 1. The lowest BCUT2D eigenvalue weighted by Gasteiger charge is -1.99. The van der Waals surface area contributed by atoms with Crippen LogP contribution in [0.5, 0.6) is 0 Å². The predicted octanol–water partition coefficient (Wildman–Crippen LogP) is 2.04. The highest BCUT2D eigenvalue weighted by Crippen LogP contribution is 2.30. The van der Waals surface area contributed by atoms with Crippen molar-refractivity contribution < 1.29 is 4.74 Å². The van der Waals surface area contributed by atoms with E-state index in [-0.39, 0.29) is 0 Å². The van der Waals surface area contributed by atoms with Crippen LogP contribution in [0.2, 0.25) is 0 Å². The lowest BCUT2D eigenvalue weighted by molar-refractivity contribution is 0.123. The Kier molecular flexibility index (Phi) is 2.61. The lowest BCUT2D eigenvalue weighted by Crippen LogP contribution is -1.97. The molecule has 5 heteroatoms. The van der Waals surface area contributed by atoms with Crippen molar-refractivity contribution in [3.63, 3.8) is 0 Å². The Morgan fingerprint density at radius 3 is 3.00 bits per heavy atom. The van der Waals surface area contributed by atoms with Gasteiger partial charge in [-0.1, -0.05) is 0 Å². The van der Waals surface area contributed by atoms with Crippen LogP contribution in [-0.4, -0.2) is 22.1 Å². The Hall–Kier alpha value is 0.250. The van der Waals surface area contributed by atoms with E-state index in [9.17, 15) is 0 Å². The number of hydrogen-bond acceptors (Lipinski definition) is 4. The molecule has 2 atom stereocenters. The summed E-state index contributed by atoms with van der Waals surface area (Å²) < 4.78 is 10.5. The van der Waals surface area contributed by atoms with Crippen LogP contribution in [0.3, 0.4) is 0 Å². The highest BCUT2D eigenvalue weighted by Gasteiger charge is 2.26. The fraction of sp³-hybridized carbons (Fsp3) is 0.714. The number of nitrogens with zero attached hydrogens (tertiary/aromatic N) is 2. The Bertz CT molecular complexity index is 278. The quantitative estimate of drug-likeness (QED) is 0.744. The molecule has 1 aliphatic heterocycles. The molecule has 66 valence electrons. The van der Waals surface area contributed by atoms with Crippen LogP contribution in [-0.2, 0) is 4.74 Å². The molecule has 0 spiro atoms. The molecule has 2 unspecified atom stereocenters. The van der Waals surface area contributed by atoms with Gasteiger partial charge in [0, 0.05) is 28.5 Å². The number of halogens is 1. The maximum absolute atomic E-state index is 5.47. The minimum absolute atomic E-state index is 0.386. The third-order valence-corrected chi connectivity index (χ3v) is 3.65. The number of aromatic nitrogens is 2. The summed E-state index contributed by atoms with van der Waals surface area (Å²) in [6, 6.07) is 0. The fourth-order valence-electron chi connectivity index (χ4n) is 1.37. The van der Waals surface area contributed by atoms with Crippen molar-refractivity contribution in [2.24, 2.45) is 0 Å². The first-order chi connectivity index (χ1) is 5.75. The highest BCUT2D eigenvalue weighted by atomic mass is 127. The second-order valence-corrected chi connectivity index (χ2v) is 4.73. The Balaban J connectivity index is 2.11. The third-order valence-electron chi connectivity index (χ3n) is 1.96. The Morgan fingerprint density at radius 1 is 1.67 bits per heavy atom. The highest BCUT2D eigenvalue weighted by molar-refractivity contribution is 14.1. The van der Waals surface area contributed by atoms with Gasteiger partial charge in [0.25, 0.3) is 0 Å². The Morgan fingerprint density at radius 2 is 2.50 bits per heavy atom. The minimum atomic E-state index is 0.386. The molecule has 0 bridgehead atoms. The lowest BCUT2D eigenvalue weighted by atomic mass is 10.1. The zero-order valence-corrected chi connectivity index (χ0v) is 9.63. The fourth-order valence-corrected chi connectivity index (χ4v) is 2.74. The molecule has 3 nitrogen and oxygen atoms in total. The molecule has 0 radical (unpaired) electrons. The average molecular weight is 296 g/mol. The summed E-state index contributed by atoms with van der Waals surface area (Å²) in [4.78, 5) is 4.34. The van der Waals surface area contributed by atoms with Gasteiger partial charge in [0.1, 0.15) is 5.01 Å². The standard InChI is InChI=1S/C7H9IN2OS/c1-4-2-5(3-11-4)6-9-7(8)10-12-6/h4-5H,2-3H2,1H3. The van der Waals surface area contributed by atoms with Gasteiger partial charge in [-0.15, -0.1) is 0 Å². The van der Waals surface area contributed by atoms with E-state index in [1.54, 1.807) is 0 Å². The topological polar surface area (TPSA) is 35.0 Å². The summed E-state index contributed by atoms with van der Waals surface area (Å²) in [5, 5.41) is 1.13. The summed E-state index contributed by atoms with van der Waals surface area (Å²) >= 11 is 3.64. The van der Waals surface area contributed by atoms with Crippen molar-refractivity contribution >= 4 is 34.1 Å². The molecule has 0 amide bonds. The molecule has 0 saturated carbocycles. The van der Waals surface area contributed by atoms with Gasteiger partial charge in [-0.05, 0) is 24.9 Å². The van der Waals surface area contributed by atoms with Crippen LogP contribution in [0.4, 0.5) is 0 Å². The van der Waals surface area contributed by atoms with E-state index in [0.29, 0.717) is 12.0 Å². The van der Waals surface area contributed by atoms with Gasteiger partial charge in [-0.25, -0.2) is 4.98 Å². The summed E-state index contributed by atoms with van der Waals surface area (Å²) in [5.41, 5.74) is 0. The van der Waals surface area contributed by atoms with E-state index in [4.69, 9.17) is 4.74 Å². The van der Waals surface area contributed by atoms with Gasteiger partial charge in [0.15, 0.2) is 0 Å². The van der Waals surface area contributed by atoms with Gasteiger partial charge in [-0.2, -0.15) is 4.37 Å². The van der Waals surface area contributed by atoms with Crippen LogP contribution in [0.15, 0.2) is 0 Å². The molecule has 2 rings (SSSR count). The monoisotopic (exact) mass is 296 g/mol. The second-order valence-electron chi connectivity index (χ2n) is 2.98. The predicted molar refractivity (Wildman–Crippen MR) is 55.4 cm³/mol. The van der Waals surface area contributed by atoms with Crippen molar-refractivity contribution in [1.82, 2.24) is 9.36 Å². The van der Waals surface area contributed by atoms with Crippen LogP contribution in [0, 0.1) is 3.83 Å². The molecular formula is C7H9IN2OS. The van der Waals surface area contributed by atoms with Gasteiger partial charge >= 0.3 is 0 Å². The van der Waals surface area contributed by atoms with Gasteiger partial charge in [-0.3, -0.25) is 0 Å². The number of rotatable bonds is 1. The molecule has 1 fully saturated rings. The van der Waals surface area contributed by atoms with Gasteiger partial charge < -0.3 is 4.74 Å². The van der Waals surface area contributed by atoms with Crippen molar-refractivity contribution in [1.29, 1.82) is 0 Å². The summed E-state index contributed by atoms with van der Waals surface area (Å²) in [7, 11) is 0. The minimum Gasteiger partial charge on any atom is -0.378 e. The van der Waals surface area contributed by atoms with E-state index >= 15 is 0 Å². The molecule has 0 N–H and O–H groups in total. The van der Waals surface area contributed by atoms with E-state index in [1.165, 1.54) is 11.5 Å². The van der Waals surface area contributed by atoms with Crippen LogP contribution >= 0.6 is 34.1 Å². The van der Waals surface area contributed by atoms with Crippen LogP contribution in [0.1, 0.15) is 24.3 Å². The molecule has 12 heavy (non-hydrogen) atoms. The zero-order valence-electron chi connectivity index (χ0n) is 6.66. The average Bonchev–Trinajstić information content (AvgIpc) is 2.58. The second kappa shape index (κ2) is 3.55. The van der Waals surface area contributed by atoms with Crippen molar-refractivity contribution in [3.05, 3.63) is 8.84 Å². The largest absolute Gasteiger partial charge is 0.378 e. The van der Waals surface area contributed by atoms with Crippen LogP contribution in [0.25, 0.3) is 0 Å². The third kappa shape index (κ3) is 1.77. The molecule has 1 saturated heterocycles. The van der Waals surface area contributed by atoms with E-state index in [1.807, 2.05) is 0 Å². The summed E-state index contributed by atoms with van der Waals surface area (Å²) in [6.45, 7) is 2.92. The normalized spacial score (nSPS) is 29.5. The van der Waals surface area contributed by atoms with Gasteiger partial charge in [0.05, 0.1) is 12.7 Å². The van der Waals surface area contributed by atoms with Crippen molar-refractivity contribution in [2.75, 3.05) is 6.61 Å². The van der Waals surface area contributed by atoms with E-state index in [0.717, 1.165) is 21.9 Å². The summed E-state index contributed by atoms with van der Waals surface area (Å²) in [5.74, 6) is 0.487. The molecule has 0 aromatic carbocycles. The smallest absolute Gasteiger partial charge is 0.203 e. The Labute approximate surface area is 88.8 Å². The van der Waals surface area contributed by atoms with E-state index in [2.05, 4.69) is 38.9 Å². The molecule has 1 aromatic heterocycles. The number of hydrogen-bond donors (Lipinski definition) is 0. The summed E-state index contributed by atoms with van der Waals surface area (Å²) in [6.07, 6.45) is 1.47. The maximum atomic E-state index is 5.47.